The van der Waals surface area contributed by atoms with Crippen LogP contribution in [0.3, 0.4) is 0 Å². The maximum atomic E-state index is 11.7. The summed E-state index contributed by atoms with van der Waals surface area (Å²) in [5.41, 5.74) is -0.250. The van der Waals surface area contributed by atoms with Gasteiger partial charge in [-0.05, 0) is 29.8 Å². The van der Waals surface area contributed by atoms with E-state index in [4.69, 9.17) is 0 Å². The highest BCUT2D eigenvalue weighted by Gasteiger charge is 2.13. The van der Waals surface area contributed by atoms with Gasteiger partial charge in [-0.15, -0.1) is 0 Å². The minimum Gasteiger partial charge on any atom is -0.342 e. The largest absolute Gasteiger partial charge is 0.342 e. The van der Waals surface area contributed by atoms with Crippen molar-refractivity contribution in [2.75, 3.05) is 7.05 Å². The average Bonchev–Trinajstić information content (AvgIpc) is 2.23. The normalized spacial score (nSPS) is 10.6. The molecule has 0 N–H and O–H groups in total. The van der Waals surface area contributed by atoms with E-state index in [0.717, 1.165) is 0 Å². The second-order valence-corrected chi connectivity index (χ2v) is 4.63. The number of halogens is 1. The minimum atomic E-state index is -0.250. The van der Waals surface area contributed by atoms with Gasteiger partial charge in [0.2, 0.25) is 5.91 Å². The Hall–Kier alpha value is -1.17. The van der Waals surface area contributed by atoms with Crippen molar-refractivity contribution in [1.29, 1.82) is 0 Å². The van der Waals surface area contributed by atoms with Crippen molar-refractivity contribution < 1.29 is 4.79 Å². The van der Waals surface area contributed by atoms with Crippen molar-refractivity contribution in [1.82, 2.24) is 14.5 Å². The predicted molar refractivity (Wildman–Crippen MR) is 64.1 cm³/mol. The molecule has 1 aromatic rings. The van der Waals surface area contributed by atoms with Crippen LogP contribution in [0.25, 0.3) is 0 Å². The number of rotatable bonds is 3. The lowest BCUT2D eigenvalue weighted by atomic mass is 10.3. The van der Waals surface area contributed by atoms with Gasteiger partial charge in [0.15, 0.2) is 0 Å². The summed E-state index contributed by atoms with van der Waals surface area (Å²) in [7, 11) is 1.71. The van der Waals surface area contributed by atoms with Crippen LogP contribution in [0, 0.1) is 0 Å². The lowest BCUT2D eigenvalue weighted by Gasteiger charge is -2.21. The molecule has 0 atom stereocenters. The first kappa shape index (κ1) is 12.9. The summed E-state index contributed by atoms with van der Waals surface area (Å²) in [5.74, 6) is -0.114. The van der Waals surface area contributed by atoms with E-state index in [2.05, 4.69) is 20.9 Å². The van der Waals surface area contributed by atoms with Crippen LogP contribution in [-0.4, -0.2) is 33.4 Å². The Morgan fingerprint density at radius 1 is 1.62 bits per heavy atom. The molecule has 1 aromatic heterocycles. The van der Waals surface area contributed by atoms with Crippen molar-refractivity contribution in [3.05, 3.63) is 27.4 Å². The van der Waals surface area contributed by atoms with Gasteiger partial charge in [-0.2, -0.15) is 0 Å². The van der Waals surface area contributed by atoms with E-state index in [-0.39, 0.29) is 24.1 Å². The SMILES string of the molecule is CC(C)N(C)C(=O)Cn1cncc(Br)c1=O. The fourth-order valence-corrected chi connectivity index (χ4v) is 1.43. The molecule has 0 unspecified atom stereocenters. The van der Waals surface area contributed by atoms with Crippen molar-refractivity contribution in [3.8, 4) is 0 Å². The highest BCUT2D eigenvalue weighted by molar-refractivity contribution is 9.10. The number of carbonyl (C=O) groups excluding carboxylic acids is 1. The maximum Gasteiger partial charge on any atom is 0.268 e. The Bertz CT molecular complexity index is 442. The predicted octanol–water partition coefficient (Wildman–Crippen LogP) is 0.873. The van der Waals surface area contributed by atoms with Crippen LogP contribution < -0.4 is 5.56 Å². The van der Waals surface area contributed by atoms with Crippen molar-refractivity contribution in [3.63, 3.8) is 0 Å². The second kappa shape index (κ2) is 5.25. The highest BCUT2D eigenvalue weighted by Crippen LogP contribution is 2.00. The molecule has 0 saturated carbocycles. The maximum absolute atomic E-state index is 11.7. The van der Waals surface area contributed by atoms with E-state index in [9.17, 15) is 9.59 Å². The molecule has 16 heavy (non-hydrogen) atoms. The van der Waals surface area contributed by atoms with E-state index in [0.29, 0.717) is 4.47 Å². The number of likely N-dealkylation sites (N-methyl/N-ethyl adjacent to an activating group) is 1. The fourth-order valence-electron chi connectivity index (χ4n) is 1.08. The standard InChI is InChI=1S/C10H14BrN3O2/c1-7(2)13(3)9(15)5-14-6-12-4-8(11)10(14)16/h4,6-7H,5H2,1-3H3. The van der Waals surface area contributed by atoms with Crippen molar-refractivity contribution in [2.24, 2.45) is 0 Å². The van der Waals surface area contributed by atoms with Gasteiger partial charge in [0.1, 0.15) is 11.0 Å². The molecule has 0 aliphatic rings. The van der Waals surface area contributed by atoms with Crippen molar-refractivity contribution >= 4 is 21.8 Å². The first-order valence-electron chi connectivity index (χ1n) is 4.89. The van der Waals surface area contributed by atoms with Crippen LogP contribution in [-0.2, 0) is 11.3 Å². The van der Waals surface area contributed by atoms with E-state index in [1.807, 2.05) is 13.8 Å². The zero-order valence-electron chi connectivity index (χ0n) is 9.48. The van der Waals surface area contributed by atoms with Crippen LogP contribution in [0.4, 0.5) is 0 Å². The molecule has 0 fully saturated rings. The van der Waals surface area contributed by atoms with Gasteiger partial charge in [0, 0.05) is 19.3 Å². The molecule has 0 saturated heterocycles. The van der Waals surface area contributed by atoms with Gasteiger partial charge in [0.25, 0.3) is 5.56 Å². The summed E-state index contributed by atoms with van der Waals surface area (Å²) in [6.45, 7) is 3.85. The summed E-state index contributed by atoms with van der Waals surface area (Å²) < 4.78 is 1.64. The molecule has 0 aliphatic heterocycles. The molecule has 0 spiro atoms. The number of carbonyl (C=O) groups is 1. The summed E-state index contributed by atoms with van der Waals surface area (Å²) >= 11 is 3.08. The van der Waals surface area contributed by atoms with Gasteiger partial charge in [0.05, 0.1) is 6.33 Å². The van der Waals surface area contributed by atoms with Gasteiger partial charge in [-0.25, -0.2) is 4.98 Å². The third-order valence-corrected chi connectivity index (χ3v) is 2.88. The molecule has 5 nitrogen and oxygen atoms in total. The number of aromatic nitrogens is 2. The molecule has 6 heteroatoms. The van der Waals surface area contributed by atoms with Crippen LogP contribution in [0.1, 0.15) is 13.8 Å². The van der Waals surface area contributed by atoms with Crippen LogP contribution in [0.2, 0.25) is 0 Å². The molecule has 0 radical (unpaired) electrons. The van der Waals surface area contributed by atoms with Crippen molar-refractivity contribution in [2.45, 2.75) is 26.4 Å². The average molecular weight is 288 g/mol. The third-order valence-electron chi connectivity index (χ3n) is 2.33. The summed E-state index contributed by atoms with van der Waals surface area (Å²) in [6, 6.07) is 0.114. The van der Waals surface area contributed by atoms with Gasteiger partial charge in [-0.3, -0.25) is 14.2 Å². The monoisotopic (exact) mass is 287 g/mol. The summed E-state index contributed by atoms with van der Waals surface area (Å²) in [6.07, 6.45) is 2.77. The lowest BCUT2D eigenvalue weighted by molar-refractivity contribution is -0.132. The van der Waals surface area contributed by atoms with Gasteiger partial charge >= 0.3 is 0 Å². The summed E-state index contributed by atoms with van der Waals surface area (Å²) in [5, 5.41) is 0. The molecule has 0 bridgehead atoms. The smallest absolute Gasteiger partial charge is 0.268 e. The van der Waals surface area contributed by atoms with E-state index < -0.39 is 0 Å². The summed E-state index contributed by atoms with van der Waals surface area (Å²) in [4.78, 5) is 28.8. The second-order valence-electron chi connectivity index (χ2n) is 3.77. The van der Waals surface area contributed by atoms with Crippen LogP contribution in [0.5, 0.6) is 0 Å². The van der Waals surface area contributed by atoms with Crippen LogP contribution in [0.15, 0.2) is 21.8 Å². The highest BCUT2D eigenvalue weighted by atomic mass is 79.9. The molecular formula is C10H14BrN3O2. The first-order valence-corrected chi connectivity index (χ1v) is 5.68. The molecule has 1 heterocycles. The van der Waals surface area contributed by atoms with E-state index in [1.54, 1.807) is 11.9 Å². The minimum absolute atomic E-state index is 0.0138. The Morgan fingerprint density at radius 2 is 2.25 bits per heavy atom. The Morgan fingerprint density at radius 3 is 2.81 bits per heavy atom. The Kier molecular flexibility index (Phi) is 4.23. The Labute approximate surface area is 102 Å². The lowest BCUT2D eigenvalue weighted by Crippen LogP contribution is -2.37. The van der Waals surface area contributed by atoms with Crippen LogP contribution >= 0.6 is 15.9 Å². The fraction of sp³-hybridized carbons (Fsp3) is 0.500. The molecule has 1 amide bonds. The molecule has 88 valence electrons. The Balaban J connectivity index is 2.86. The zero-order valence-corrected chi connectivity index (χ0v) is 11.1. The third kappa shape index (κ3) is 2.91. The van der Waals surface area contributed by atoms with E-state index >= 15 is 0 Å². The van der Waals surface area contributed by atoms with Gasteiger partial charge in [-0.1, -0.05) is 0 Å². The molecule has 1 rings (SSSR count). The first-order chi connectivity index (χ1) is 7.43. The molecule has 0 aromatic carbocycles. The number of nitrogens with zero attached hydrogens (tertiary/aromatic N) is 3. The quantitative estimate of drug-likeness (QED) is 0.829. The topological polar surface area (TPSA) is 55.2 Å². The molecular weight excluding hydrogens is 274 g/mol. The number of amides is 1. The number of hydrogen-bond donors (Lipinski definition) is 0. The van der Waals surface area contributed by atoms with E-state index in [1.165, 1.54) is 17.1 Å². The van der Waals surface area contributed by atoms with Gasteiger partial charge < -0.3 is 4.90 Å². The number of hydrogen-bond acceptors (Lipinski definition) is 3. The molecule has 0 aliphatic carbocycles. The zero-order chi connectivity index (χ0) is 12.3.